The molecule has 6 heteroatoms. The van der Waals surface area contributed by atoms with E-state index in [1.807, 2.05) is 38.1 Å². The van der Waals surface area contributed by atoms with Crippen LogP contribution in [0.3, 0.4) is 0 Å². The first kappa shape index (κ1) is 21.6. The van der Waals surface area contributed by atoms with Gasteiger partial charge in [-0.3, -0.25) is 4.79 Å². The topological polar surface area (TPSA) is 72.5 Å². The van der Waals surface area contributed by atoms with Crippen LogP contribution in [-0.2, 0) is 16.4 Å². The zero-order chi connectivity index (χ0) is 21.7. The molecule has 30 heavy (non-hydrogen) atoms. The van der Waals surface area contributed by atoms with E-state index in [1.54, 1.807) is 42.5 Å². The van der Waals surface area contributed by atoms with Gasteiger partial charge in [-0.05, 0) is 55.3 Å². The number of amides is 1. The van der Waals surface area contributed by atoms with Crippen molar-refractivity contribution in [3.8, 4) is 5.75 Å². The third-order valence-corrected chi connectivity index (χ3v) is 5.87. The molecule has 5 nitrogen and oxygen atoms in total. The summed E-state index contributed by atoms with van der Waals surface area (Å²) in [6, 6.07) is 21.4. The number of hydrogen-bond donors (Lipinski definition) is 1. The molecule has 0 aliphatic heterocycles. The summed E-state index contributed by atoms with van der Waals surface area (Å²) >= 11 is 0. The Balaban J connectivity index is 1.64. The molecule has 3 rings (SSSR count). The highest BCUT2D eigenvalue weighted by atomic mass is 32.2. The molecule has 0 aliphatic rings. The van der Waals surface area contributed by atoms with Crippen LogP contribution in [0.25, 0.3) is 0 Å². The number of benzene rings is 3. The van der Waals surface area contributed by atoms with Crippen molar-refractivity contribution >= 4 is 15.7 Å². The Morgan fingerprint density at radius 2 is 1.70 bits per heavy atom. The number of carbonyl (C=O) groups is 1. The Morgan fingerprint density at radius 3 is 2.37 bits per heavy atom. The monoisotopic (exact) mass is 423 g/mol. The summed E-state index contributed by atoms with van der Waals surface area (Å²) in [6.45, 7) is 4.31. The third-order valence-electron chi connectivity index (χ3n) is 4.74. The fourth-order valence-electron chi connectivity index (χ4n) is 3.06. The van der Waals surface area contributed by atoms with Crippen LogP contribution >= 0.6 is 0 Å². The number of sulfone groups is 1. The lowest BCUT2D eigenvalue weighted by atomic mass is 10.1. The molecule has 0 fully saturated rings. The highest BCUT2D eigenvalue weighted by Crippen LogP contribution is 2.19. The van der Waals surface area contributed by atoms with Gasteiger partial charge in [0.05, 0.1) is 10.9 Å². The molecule has 1 amide bonds. The van der Waals surface area contributed by atoms with Gasteiger partial charge in [0.1, 0.15) is 12.4 Å². The van der Waals surface area contributed by atoms with Crippen LogP contribution in [0.2, 0.25) is 0 Å². The molecular formula is C24H25NO4S. The Labute approximate surface area is 177 Å². The normalized spacial score (nSPS) is 12.2. The van der Waals surface area contributed by atoms with Gasteiger partial charge >= 0.3 is 0 Å². The molecule has 3 aromatic rings. The van der Waals surface area contributed by atoms with Crippen LogP contribution < -0.4 is 10.1 Å². The van der Waals surface area contributed by atoms with Crippen molar-refractivity contribution in [3.05, 3.63) is 95.1 Å². The third kappa shape index (κ3) is 5.70. The standard InChI is InChI=1S/C24H25NO4S/c1-17-6-4-7-19(14-17)16-29-22-9-5-8-21(15-22)24(26)25-18(2)20-10-12-23(13-11-20)30(3,27)28/h4-15,18H,16H2,1-3H3,(H,25,26). The van der Waals surface area contributed by atoms with E-state index in [4.69, 9.17) is 4.74 Å². The minimum Gasteiger partial charge on any atom is -0.489 e. The van der Waals surface area contributed by atoms with E-state index in [9.17, 15) is 13.2 Å². The number of hydrogen-bond acceptors (Lipinski definition) is 4. The summed E-state index contributed by atoms with van der Waals surface area (Å²) in [5, 5.41) is 2.94. The molecule has 0 saturated carbocycles. The van der Waals surface area contributed by atoms with Crippen molar-refractivity contribution in [3.63, 3.8) is 0 Å². The maximum absolute atomic E-state index is 12.7. The van der Waals surface area contributed by atoms with Gasteiger partial charge in [0.2, 0.25) is 0 Å². The van der Waals surface area contributed by atoms with Gasteiger partial charge in [-0.1, -0.05) is 48.0 Å². The average molecular weight is 424 g/mol. The Hall–Kier alpha value is -3.12. The zero-order valence-electron chi connectivity index (χ0n) is 17.3. The van der Waals surface area contributed by atoms with E-state index in [0.29, 0.717) is 17.9 Å². The minimum absolute atomic E-state index is 0.226. The average Bonchev–Trinajstić information content (AvgIpc) is 2.72. The predicted octanol–water partition coefficient (Wildman–Crippen LogP) is 4.47. The van der Waals surface area contributed by atoms with Crippen LogP contribution in [0.5, 0.6) is 5.75 Å². The molecule has 0 spiro atoms. The Kier molecular flexibility index (Phi) is 6.57. The van der Waals surface area contributed by atoms with E-state index >= 15 is 0 Å². The predicted molar refractivity (Wildman–Crippen MR) is 117 cm³/mol. The number of rotatable bonds is 7. The van der Waals surface area contributed by atoms with E-state index in [0.717, 1.165) is 11.1 Å². The first-order valence-electron chi connectivity index (χ1n) is 9.61. The van der Waals surface area contributed by atoms with Gasteiger partial charge in [0.25, 0.3) is 5.91 Å². The lowest BCUT2D eigenvalue weighted by Crippen LogP contribution is -2.26. The van der Waals surface area contributed by atoms with Crippen molar-refractivity contribution in [2.75, 3.05) is 6.26 Å². The van der Waals surface area contributed by atoms with Gasteiger partial charge in [0, 0.05) is 11.8 Å². The number of aryl methyl sites for hydroxylation is 1. The van der Waals surface area contributed by atoms with Crippen molar-refractivity contribution in [1.82, 2.24) is 5.32 Å². The highest BCUT2D eigenvalue weighted by molar-refractivity contribution is 7.90. The second kappa shape index (κ2) is 9.13. The summed E-state index contributed by atoms with van der Waals surface area (Å²) in [4.78, 5) is 12.9. The first-order valence-corrected chi connectivity index (χ1v) is 11.5. The van der Waals surface area contributed by atoms with E-state index in [2.05, 4.69) is 11.4 Å². The highest BCUT2D eigenvalue weighted by Gasteiger charge is 2.14. The lowest BCUT2D eigenvalue weighted by molar-refractivity contribution is 0.0939. The molecule has 1 N–H and O–H groups in total. The molecule has 156 valence electrons. The maximum atomic E-state index is 12.7. The van der Waals surface area contributed by atoms with Gasteiger partial charge in [-0.25, -0.2) is 8.42 Å². The smallest absolute Gasteiger partial charge is 0.251 e. The van der Waals surface area contributed by atoms with Gasteiger partial charge in [-0.15, -0.1) is 0 Å². The van der Waals surface area contributed by atoms with Gasteiger partial charge in [0.15, 0.2) is 9.84 Å². The summed E-state index contributed by atoms with van der Waals surface area (Å²) in [5.74, 6) is 0.394. The van der Waals surface area contributed by atoms with Crippen molar-refractivity contribution in [2.24, 2.45) is 0 Å². The SMILES string of the molecule is Cc1cccc(COc2cccc(C(=O)NC(C)c3ccc(S(C)(=O)=O)cc3)c2)c1. The fraction of sp³-hybridized carbons (Fsp3) is 0.208. The summed E-state index contributed by atoms with van der Waals surface area (Å²) in [5.41, 5.74) is 3.55. The summed E-state index contributed by atoms with van der Waals surface area (Å²) < 4.78 is 29.0. The van der Waals surface area contributed by atoms with Crippen LogP contribution in [0.15, 0.2) is 77.7 Å². The van der Waals surface area contributed by atoms with E-state index < -0.39 is 9.84 Å². The van der Waals surface area contributed by atoms with Gasteiger partial charge < -0.3 is 10.1 Å². The lowest BCUT2D eigenvalue weighted by Gasteiger charge is -2.15. The van der Waals surface area contributed by atoms with Crippen LogP contribution in [0.1, 0.15) is 40.0 Å². The number of nitrogens with one attached hydrogen (secondary N) is 1. The van der Waals surface area contributed by atoms with Crippen LogP contribution in [0, 0.1) is 6.92 Å². The zero-order valence-corrected chi connectivity index (χ0v) is 18.1. The van der Waals surface area contributed by atoms with Crippen molar-refractivity contribution in [1.29, 1.82) is 0 Å². The summed E-state index contributed by atoms with van der Waals surface area (Å²) in [6.07, 6.45) is 1.17. The molecule has 1 unspecified atom stereocenters. The molecule has 0 bridgehead atoms. The molecule has 3 aromatic carbocycles. The molecule has 0 aromatic heterocycles. The number of ether oxygens (including phenoxy) is 1. The Bertz CT molecular complexity index is 1140. The Morgan fingerprint density at radius 1 is 1.00 bits per heavy atom. The maximum Gasteiger partial charge on any atom is 0.251 e. The summed E-state index contributed by atoms with van der Waals surface area (Å²) in [7, 11) is -3.25. The first-order chi connectivity index (χ1) is 14.2. The molecule has 0 radical (unpaired) electrons. The van der Waals surface area contributed by atoms with Crippen LogP contribution in [-0.4, -0.2) is 20.6 Å². The molecule has 1 atom stereocenters. The largest absolute Gasteiger partial charge is 0.489 e. The second-order valence-electron chi connectivity index (χ2n) is 7.34. The fourth-order valence-corrected chi connectivity index (χ4v) is 3.69. The molecule has 0 heterocycles. The van der Waals surface area contributed by atoms with E-state index in [1.165, 1.54) is 11.8 Å². The molecule has 0 aliphatic carbocycles. The van der Waals surface area contributed by atoms with Gasteiger partial charge in [-0.2, -0.15) is 0 Å². The molecule has 0 saturated heterocycles. The van der Waals surface area contributed by atoms with E-state index in [-0.39, 0.29) is 16.8 Å². The quantitative estimate of drug-likeness (QED) is 0.609. The minimum atomic E-state index is -3.25. The van der Waals surface area contributed by atoms with Crippen LogP contribution in [0.4, 0.5) is 0 Å². The molecular weight excluding hydrogens is 398 g/mol. The number of carbonyl (C=O) groups excluding carboxylic acids is 1. The van der Waals surface area contributed by atoms with Crippen molar-refractivity contribution < 1.29 is 17.9 Å². The van der Waals surface area contributed by atoms with Crippen molar-refractivity contribution in [2.45, 2.75) is 31.4 Å². The second-order valence-corrected chi connectivity index (χ2v) is 9.36.